The molecule has 3 aromatic carbocycles. The molecule has 2 aliphatic rings. The summed E-state index contributed by atoms with van der Waals surface area (Å²) in [6, 6.07) is 21.7. The van der Waals surface area contributed by atoms with E-state index < -0.39 is 47.8 Å². The Hall–Kier alpha value is -5.98. The quantitative estimate of drug-likeness (QED) is 0.162. The summed E-state index contributed by atoms with van der Waals surface area (Å²) in [6.45, 7) is 1.71. The minimum absolute atomic E-state index is 0.163. The van der Waals surface area contributed by atoms with Gasteiger partial charge in [-0.05, 0) is 66.3 Å². The molecule has 1 aliphatic carbocycles. The van der Waals surface area contributed by atoms with Crippen molar-refractivity contribution in [3.8, 4) is 5.75 Å². The molecule has 2 atom stereocenters. The van der Waals surface area contributed by atoms with Crippen LogP contribution in [0.3, 0.4) is 0 Å². The van der Waals surface area contributed by atoms with Gasteiger partial charge in [-0.3, -0.25) is 28.9 Å². The standard InChI is InChI=1S/C40H44N4O9/c1-26(45)41-23-22-40(20-6-7-21-40)39(52)42-32(38(50)51)24-27-10-14-30(15-11-27)43-36(29-8-4-3-5-9-29)44(34(46)18-19-35(47)48)33(37(43)49)25-28-12-16-31(53-2)17-13-28/h3-5,8-17,24,33,36H,6-7,18-23,25H2,1-2H3,(H,41,45)(H,42,52)(H,47,48)(H,50,51). The average Bonchev–Trinajstić information content (AvgIpc) is 3.74. The maximum Gasteiger partial charge on any atom is 0.352 e. The number of hydrogen-bond acceptors (Lipinski definition) is 7. The Morgan fingerprint density at radius 3 is 2.15 bits per heavy atom. The lowest BCUT2D eigenvalue weighted by Crippen LogP contribution is -2.42. The van der Waals surface area contributed by atoms with Crippen molar-refractivity contribution in [1.82, 2.24) is 15.5 Å². The van der Waals surface area contributed by atoms with Crippen LogP contribution >= 0.6 is 0 Å². The molecule has 5 rings (SSSR count). The molecule has 3 aromatic rings. The first-order chi connectivity index (χ1) is 25.4. The van der Waals surface area contributed by atoms with E-state index in [0.717, 1.165) is 18.4 Å². The summed E-state index contributed by atoms with van der Waals surface area (Å²) in [4.78, 5) is 80.0. The molecular formula is C40H44N4O9. The zero-order valence-corrected chi connectivity index (χ0v) is 29.7. The second-order valence-electron chi connectivity index (χ2n) is 13.4. The highest BCUT2D eigenvalue weighted by molar-refractivity contribution is 6.04. The number of carboxylic acid groups (broad SMARTS) is 2. The SMILES string of the molecule is COc1ccc(CC2C(=O)N(c3ccc(C=C(NC(=O)C4(CCNC(C)=O)CCCC4)C(=O)O)cc3)C(c3ccccc3)N2C(=O)CCC(=O)O)cc1. The molecule has 0 bridgehead atoms. The fourth-order valence-electron chi connectivity index (χ4n) is 7.15. The number of carbonyl (C=O) groups is 6. The van der Waals surface area contributed by atoms with Crippen LogP contribution in [0.15, 0.2) is 84.6 Å². The predicted octanol–water partition coefficient (Wildman–Crippen LogP) is 4.67. The van der Waals surface area contributed by atoms with Crippen molar-refractivity contribution in [2.45, 2.75) is 70.5 Å². The van der Waals surface area contributed by atoms with Crippen LogP contribution in [-0.4, -0.2) is 70.4 Å². The number of nitrogens with zero attached hydrogens (tertiary/aromatic N) is 2. The molecule has 0 radical (unpaired) electrons. The van der Waals surface area contributed by atoms with Crippen LogP contribution < -0.4 is 20.3 Å². The van der Waals surface area contributed by atoms with Gasteiger partial charge >= 0.3 is 11.9 Å². The first kappa shape index (κ1) is 38.3. The van der Waals surface area contributed by atoms with Gasteiger partial charge in [0.25, 0.3) is 5.91 Å². The van der Waals surface area contributed by atoms with E-state index in [1.54, 1.807) is 67.8 Å². The van der Waals surface area contributed by atoms with E-state index in [2.05, 4.69) is 10.6 Å². The van der Waals surface area contributed by atoms with Crippen LogP contribution in [-0.2, 0) is 35.2 Å². The Morgan fingerprint density at radius 2 is 1.57 bits per heavy atom. The molecule has 1 saturated heterocycles. The molecule has 53 heavy (non-hydrogen) atoms. The minimum Gasteiger partial charge on any atom is -0.497 e. The van der Waals surface area contributed by atoms with Crippen molar-refractivity contribution in [3.63, 3.8) is 0 Å². The number of ether oxygens (including phenoxy) is 1. The summed E-state index contributed by atoms with van der Waals surface area (Å²) in [5.74, 6) is -3.31. The normalized spacial score (nSPS) is 18.1. The highest BCUT2D eigenvalue weighted by Crippen LogP contribution is 2.42. The zero-order chi connectivity index (χ0) is 38.1. The third-order valence-corrected chi connectivity index (χ3v) is 9.87. The monoisotopic (exact) mass is 724 g/mol. The number of nitrogens with one attached hydrogen (secondary N) is 2. The lowest BCUT2D eigenvalue weighted by atomic mass is 9.81. The summed E-state index contributed by atoms with van der Waals surface area (Å²) in [5.41, 5.74) is 1.17. The van der Waals surface area contributed by atoms with Crippen LogP contribution in [0, 0.1) is 5.41 Å². The van der Waals surface area contributed by atoms with E-state index in [1.807, 2.05) is 18.2 Å². The fraction of sp³-hybridized carbons (Fsp3) is 0.350. The Morgan fingerprint density at radius 1 is 0.906 bits per heavy atom. The van der Waals surface area contributed by atoms with Crippen LogP contribution in [0.5, 0.6) is 5.75 Å². The summed E-state index contributed by atoms with van der Waals surface area (Å²) in [5, 5.41) is 24.8. The third-order valence-electron chi connectivity index (χ3n) is 9.87. The van der Waals surface area contributed by atoms with Gasteiger partial charge in [-0.1, -0.05) is 67.4 Å². The van der Waals surface area contributed by atoms with Crippen molar-refractivity contribution in [3.05, 3.63) is 101 Å². The molecule has 278 valence electrons. The maximum atomic E-state index is 14.4. The highest BCUT2D eigenvalue weighted by atomic mass is 16.5. The van der Waals surface area contributed by atoms with Gasteiger partial charge < -0.3 is 30.5 Å². The van der Waals surface area contributed by atoms with Gasteiger partial charge in [-0.15, -0.1) is 0 Å². The van der Waals surface area contributed by atoms with Crippen molar-refractivity contribution >= 4 is 47.3 Å². The van der Waals surface area contributed by atoms with E-state index in [-0.39, 0.29) is 30.4 Å². The molecule has 1 saturated carbocycles. The molecule has 0 aromatic heterocycles. The van der Waals surface area contributed by atoms with E-state index >= 15 is 0 Å². The van der Waals surface area contributed by atoms with E-state index in [1.165, 1.54) is 22.8 Å². The molecule has 4 N–H and O–H groups in total. The van der Waals surface area contributed by atoms with Gasteiger partial charge in [0.2, 0.25) is 17.7 Å². The lowest BCUT2D eigenvalue weighted by Gasteiger charge is -2.32. The number of amides is 4. The van der Waals surface area contributed by atoms with Crippen LogP contribution in [0.25, 0.3) is 6.08 Å². The summed E-state index contributed by atoms with van der Waals surface area (Å²) in [6.07, 6.45) is 3.11. The molecule has 13 nitrogen and oxygen atoms in total. The van der Waals surface area contributed by atoms with Crippen LogP contribution in [0.4, 0.5) is 5.69 Å². The van der Waals surface area contributed by atoms with Crippen molar-refractivity contribution in [2.75, 3.05) is 18.6 Å². The number of anilines is 1. The molecule has 2 fully saturated rings. The number of rotatable bonds is 15. The van der Waals surface area contributed by atoms with Crippen LogP contribution in [0.1, 0.15) is 74.7 Å². The molecular weight excluding hydrogens is 680 g/mol. The number of hydrogen-bond donors (Lipinski definition) is 4. The lowest BCUT2D eigenvalue weighted by molar-refractivity contribution is -0.142. The molecule has 4 amide bonds. The van der Waals surface area contributed by atoms with Crippen molar-refractivity contribution in [2.24, 2.45) is 5.41 Å². The summed E-state index contributed by atoms with van der Waals surface area (Å²) < 4.78 is 5.27. The van der Waals surface area contributed by atoms with E-state index in [9.17, 15) is 39.0 Å². The number of carbonyl (C=O) groups excluding carboxylic acids is 4. The van der Waals surface area contributed by atoms with Gasteiger partial charge in [0.1, 0.15) is 23.7 Å². The Bertz CT molecular complexity index is 1850. The second kappa shape index (κ2) is 17.0. The second-order valence-corrected chi connectivity index (χ2v) is 13.4. The number of methoxy groups -OCH3 is 1. The Labute approximate surface area is 307 Å². The minimum atomic E-state index is -1.33. The maximum absolute atomic E-state index is 14.4. The third kappa shape index (κ3) is 9.09. The first-order valence-electron chi connectivity index (χ1n) is 17.6. The highest BCUT2D eigenvalue weighted by Gasteiger charge is 2.49. The Kier molecular flexibility index (Phi) is 12.3. The van der Waals surface area contributed by atoms with Crippen LogP contribution in [0.2, 0.25) is 0 Å². The van der Waals surface area contributed by atoms with Crippen molar-refractivity contribution < 1.29 is 43.7 Å². The number of benzene rings is 3. The molecule has 13 heteroatoms. The molecule has 0 spiro atoms. The smallest absolute Gasteiger partial charge is 0.352 e. The number of aliphatic carboxylic acids is 2. The zero-order valence-electron chi connectivity index (χ0n) is 29.7. The molecule has 2 unspecified atom stereocenters. The molecule has 1 aliphatic heterocycles. The van der Waals surface area contributed by atoms with Gasteiger partial charge in [-0.25, -0.2) is 4.79 Å². The van der Waals surface area contributed by atoms with Gasteiger partial charge in [0.15, 0.2) is 0 Å². The topological polar surface area (TPSA) is 183 Å². The largest absolute Gasteiger partial charge is 0.497 e. The van der Waals surface area contributed by atoms with Gasteiger partial charge in [0, 0.05) is 32.0 Å². The van der Waals surface area contributed by atoms with E-state index in [0.29, 0.717) is 48.4 Å². The molecule has 1 heterocycles. The number of carboxylic acids is 2. The average molecular weight is 725 g/mol. The first-order valence-corrected chi connectivity index (χ1v) is 17.6. The van der Waals surface area contributed by atoms with Gasteiger partial charge in [-0.2, -0.15) is 0 Å². The summed E-state index contributed by atoms with van der Waals surface area (Å²) >= 11 is 0. The van der Waals surface area contributed by atoms with Gasteiger partial charge in [0.05, 0.1) is 18.9 Å². The van der Waals surface area contributed by atoms with E-state index in [4.69, 9.17) is 4.74 Å². The predicted molar refractivity (Wildman–Crippen MR) is 195 cm³/mol. The Balaban J connectivity index is 1.46. The summed E-state index contributed by atoms with van der Waals surface area (Å²) in [7, 11) is 1.55. The fourth-order valence-corrected chi connectivity index (χ4v) is 7.15. The van der Waals surface area contributed by atoms with Crippen molar-refractivity contribution in [1.29, 1.82) is 0 Å².